The van der Waals surface area contributed by atoms with Crippen molar-refractivity contribution in [2.75, 3.05) is 44.0 Å². The number of hydrogen-bond acceptors (Lipinski definition) is 7. The Hall–Kier alpha value is -2.66. The van der Waals surface area contributed by atoms with Crippen molar-refractivity contribution in [3.63, 3.8) is 0 Å². The van der Waals surface area contributed by atoms with Gasteiger partial charge in [0, 0.05) is 46.6 Å². The lowest BCUT2D eigenvalue weighted by Gasteiger charge is -2.35. The van der Waals surface area contributed by atoms with Crippen LogP contribution in [0.25, 0.3) is 10.9 Å². The Labute approximate surface area is 206 Å². The van der Waals surface area contributed by atoms with Gasteiger partial charge in [0.05, 0.1) is 24.9 Å². The molecule has 0 atom stereocenters. The fourth-order valence-corrected chi connectivity index (χ4v) is 5.01. The number of piperidine rings is 1. The molecule has 172 valence electrons. The van der Waals surface area contributed by atoms with E-state index in [1.54, 1.807) is 12.0 Å². The van der Waals surface area contributed by atoms with Crippen LogP contribution in [0.15, 0.2) is 36.7 Å². The summed E-state index contributed by atoms with van der Waals surface area (Å²) in [7, 11) is 3.70. The number of likely N-dealkylation sites (tertiary alicyclic amines) is 1. The second-order valence-corrected chi connectivity index (χ2v) is 9.90. The molecular formula is C24H26IN5O3. The number of halogens is 1. The molecule has 1 spiro atoms. The number of methoxy groups -OCH3 is 1. The molecule has 33 heavy (non-hydrogen) atoms. The minimum Gasteiger partial charge on any atom is -0.494 e. The number of nitrogens with one attached hydrogen (secondary N) is 1. The summed E-state index contributed by atoms with van der Waals surface area (Å²) in [5.41, 5.74) is 3.08. The molecule has 2 aromatic carbocycles. The molecule has 2 saturated heterocycles. The number of fused-ring (bicyclic) bond motifs is 1. The van der Waals surface area contributed by atoms with Gasteiger partial charge in [-0.2, -0.15) is 0 Å². The molecule has 2 aliphatic rings. The lowest BCUT2D eigenvalue weighted by molar-refractivity contribution is 0.00678. The topological polar surface area (TPSA) is 79.8 Å². The number of amides is 1. The van der Waals surface area contributed by atoms with E-state index in [4.69, 9.17) is 9.47 Å². The molecule has 3 aromatic rings. The van der Waals surface area contributed by atoms with Crippen LogP contribution in [-0.2, 0) is 4.74 Å². The molecule has 1 aromatic heterocycles. The Bertz CT molecular complexity index is 1230. The van der Waals surface area contributed by atoms with Gasteiger partial charge in [-0.15, -0.1) is 0 Å². The quantitative estimate of drug-likeness (QED) is 0.464. The first-order valence-corrected chi connectivity index (χ1v) is 12.0. The number of benzene rings is 2. The first-order chi connectivity index (χ1) is 15.9. The summed E-state index contributed by atoms with van der Waals surface area (Å²) in [6, 6.07) is 9.88. The number of hydrogen-bond donors (Lipinski definition) is 1. The van der Waals surface area contributed by atoms with E-state index in [9.17, 15) is 4.79 Å². The third kappa shape index (κ3) is 4.08. The molecule has 5 rings (SSSR count). The van der Waals surface area contributed by atoms with Gasteiger partial charge in [0.15, 0.2) is 0 Å². The number of rotatable bonds is 4. The van der Waals surface area contributed by atoms with Crippen molar-refractivity contribution in [3.05, 3.63) is 45.8 Å². The van der Waals surface area contributed by atoms with Crippen molar-refractivity contribution in [1.29, 1.82) is 0 Å². The van der Waals surface area contributed by atoms with Crippen LogP contribution >= 0.6 is 22.6 Å². The number of ether oxygens (including phenoxy) is 2. The number of carbonyl (C=O) groups is 1. The van der Waals surface area contributed by atoms with E-state index < -0.39 is 5.60 Å². The SMILES string of the molecule is COc1cc2ncnc(Nc3cccc(I)c3C)c2cc1N1CC2(CCN(C)CC2)OC1=O. The van der Waals surface area contributed by atoms with E-state index in [2.05, 4.69) is 62.8 Å². The van der Waals surface area contributed by atoms with Crippen LogP contribution < -0.4 is 15.0 Å². The van der Waals surface area contributed by atoms with E-state index in [-0.39, 0.29) is 6.09 Å². The average Bonchev–Trinajstić information content (AvgIpc) is 3.14. The zero-order valence-corrected chi connectivity index (χ0v) is 21.0. The summed E-state index contributed by atoms with van der Waals surface area (Å²) >= 11 is 2.32. The van der Waals surface area contributed by atoms with Crippen molar-refractivity contribution >= 4 is 56.8 Å². The maximum atomic E-state index is 13.0. The van der Waals surface area contributed by atoms with E-state index in [1.165, 1.54) is 9.90 Å². The second kappa shape index (κ2) is 8.60. The zero-order chi connectivity index (χ0) is 23.2. The van der Waals surface area contributed by atoms with E-state index in [0.29, 0.717) is 23.8 Å². The number of aromatic nitrogens is 2. The molecule has 9 heteroatoms. The van der Waals surface area contributed by atoms with Gasteiger partial charge >= 0.3 is 6.09 Å². The van der Waals surface area contributed by atoms with Crippen LogP contribution in [0, 0.1) is 10.5 Å². The largest absolute Gasteiger partial charge is 0.494 e. The van der Waals surface area contributed by atoms with Gasteiger partial charge in [0.25, 0.3) is 0 Å². The summed E-state index contributed by atoms with van der Waals surface area (Å²) < 4.78 is 12.8. The van der Waals surface area contributed by atoms with Gasteiger partial charge in [0.2, 0.25) is 0 Å². The van der Waals surface area contributed by atoms with Crippen LogP contribution in [0.1, 0.15) is 18.4 Å². The fourth-order valence-electron chi connectivity index (χ4n) is 4.51. The molecular weight excluding hydrogens is 533 g/mol. The summed E-state index contributed by atoms with van der Waals surface area (Å²) in [6.45, 7) is 4.40. The molecule has 1 amide bonds. The highest BCUT2D eigenvalue weighted by molar-refractivity contribution is 14.1. The Kier molecular flexibility index (Phi) is 5.77. The third-order valence-electron chi connectivity index (χ3n) is 6.62. The van der Waals surface area contributed by atoms with Gasteiger partial charge in [-0.3, -0.25) is 4.90 Å². The highest BCUT2D eigenvalue weighted by atomic mass is 127. The predicted molar refractivity (Wildman–Crippen MR) is 137 cm³/mol. The standard InChI is InChI=1S/C24H26IN5O3/c1-15-17(25)5-4-6-18(15)28-22-16-11-20(21(32-3)12-19(16)26-14-27-22)30-13-24(33-23(30)31)7-9-29(2)10-8-24/h4-6,11-12,14H,7-10,13H2,1-3H3,(H,26,27,28). The molecule has 0 bridgehead atoms. The lowest BCUT2D eigenvalue weighted by atomic mass is 9.91. The summed E-state index contributed by atoms with van der Waals surface area (Å²) in [6.07, 6.45) is 2.84. The minimum absolute atomic E-state index is 0.336. The second-order valence-electron chi connectivity index (χ2n) is 8.74. The van der Waals surface area contributed by atoms with Crippen molar-refractivity contribution in [1.82, 2.24) is 14.9 Å². The molecule has 0 unspecified atom stereocenters. The van der Waals surface area contributed by atoms with Crippen LogP contribution in [-0.4, -0.2) is 60.4 Å². The molecule has 8 nitrogen and oxygen atoms in total. The predicted octanol–water partition coefficient (Wildman–Crippen LogP) is 4.72. The maximum Gasteiger partial charge on any atom is 0.415 e. The smallest absolute Gasteiger partial charge is 0.415 e. The maximum absolute atomic E-state index is 13.0. The van der Waals surface area contributed by atoms with Crippen molar-refractivity contribution in [3.8, 4) is 5.75 Å². The van der Waals surface area contributed by atoms with Crippen LogP contribution in [0.3, 0.4) is 0 Å². The Morgan fingerprint density at radius 1 is 1.21 bits per heavy atom. The first kappa shape index (κ1) is 22.1. The Morgan fingerprint density at radius 2 is 2.00 bits per heavy atom. The molecule has 0 aliphatic carbocycles. The highest BCUT2D eigenvalue weighted by Gasteiger charge is 2.47. The Morgan fingerprint density at radius 3 is 2.76 bits per heavy atom. The van der Waals surface area contributed by atoms with Gasteiger partial charge in [-0.1, -0.05) is 6.07 Å². The molecule has 2 aliphatic heterocycles. The van der Waals surface area contributed by atoms with E-state index >= 15 is 0 Å². The monoisotopic (exact) mass is 559 g/mol. The average molecular weight is 559 g/mol. The molecule has 1 N–H and O–H groups in total. The van der Waals surface area contributed by atoms with Crippen LogP contribution in [0.5, 0.6) is 5.75 Å². The minimum atomic E-state index is -0.449. The summed E-state index contributed by atoms with van der Waals surface area (Å²) in [4.78, 5) is 25.9. The van der Waals surface area contributed by atoms with Crippen molar-refractivity contribution < 1.29 is 14.3 Å². The number of carbonyl (C=O) groups excluding carboxylic acids is 1. The van der Waals surface area contributed by atoms with Crippen LogP contribution in [0.4, 0.5) is 22.0 Å². The summed E-state index contributed by atoms with van der Waals surface area (Å²) in [5, 5.41) is 4.26. The van der Waals surface area contributed by atoms with Gasteiger partial charge < -0.3 is 19.7 Å². The van der Waals surface area contributed by atoms with Crippen molar-refractivity contribution in [2.45, 2.75) is 25.4 Å². The van der Waals surface area contributed by atoms with Gasteiger partial charge in [-0.05, 0) is 60.3 Å². The number of nitrogens with zero attached hydrogens (tertiary/aromatic N) is 4. The Balaban J connectivity index is 1.55. The lowest BCUT2D eigenvalue weighted by Crippen LogP contribution is -2.45. The fraction of sp³-hybridized carbons (Fsp3) is 0.375. The molecule has 2 fully saturated rings. The molecule has 0 saturated carbocycles. The van der Waals surface area contributed by atoms with Gasteiger partial charge in [-0.25, -0.2) is 14.8 Å². The van der Waals surface area contributed by atoms with Crippen molar-refractivity contribution in [2.24, 2.45) is 0 Å². The summed E-state index contributed by atoms with van der Waals surface area (Å²) in [5.74, 6) is 1.26. The number of anilines is 3. The highest BCUT2D eigenvalue weighted by Crippen LogP contribution is 2.41. The zero-order valence-electron chi connectivity index (χ0n) is 18.9. The van der Waals surface area contributed by atoms with E-state index in [1.807, 2.05) is 24.3 Å². The normalized spacial score (nSPS) is 18.1. The molecule has 0 radical (unpaired) electrons. The van der Waals surface area contributed by atoms with Gasteiger partial charge in [0.1, 0.15) is 23.5 Å². The third-order valence-corrected chi connectivity index (χ3v) is 7.78. The first-order valence-electron chi connectivity index (χ1n) is 10.9. The van der Waals surface area contributed by atoms with E-state index in [0.717, 1.165) is 48.1 Å². The molecule has 3 heterocycles. The van der Waals surface area contributed by atoms with Crippen LogP contribution in [0.2, 0.25) is 0 Å².